The first kappa shape index (κ1) is 19.1. The first-order valence-electron chi connectivity index (χ1n) is 8.77. The maximum absolute atomic E-state index is 12.8. The lowest BCUT2D eigenvalue weighted by Gasteiger charge is -2.21. The van der Waals surface area contributed by atoms with E-state index in [0.717, 1.165) is 16.8 Å². The molecule has 3 aromatic rings. The average molecular weight is 382 g/mol. The van der Waals surface area contributed by atoms with Crippen LogP contribution >= 0.6 is 11.8 Å². The molecule has 0 aliphatic carbocycles. The van der Waals surface area contributed by atoms with Gasteiger partial charge < -0.3 is 4.90 Å². The molecule has 27 heavy (non-hydrogen) atoms. The summed E-state index contributed by atoms with van der Waals surface area (Å²) >= 11 is 1.37. The van der Waals surface area contributed by atoms with Crippen molar-refractivity contribution in [3.05, 3.63) is 65.2 Å². The Bertz CT molecular complexity index is 925. The molecule has 1 aromatic heterocycles. The van der Waals surface area contributed by atoms with Crippen molar-refractivity contribution in [3.63, 3.8) is 0 Å². The van der Waals surface area contributed by atoms with E-state index in [9.17, 15) is 4.79 Å². The van der Waals surface area contributed by atoms with Crippen molar-refractivity contribution in [2.24, 2.45) is 0 Å². The van der Waals surface area contributed by atoms with E-state index in [2.05, 4.69) is 28.5 Å². The first-order valence-corrected chi connectivity index (χ1v) is 9.65. The van der Waals surface area contributed by atoms with E-state index in [0.29, 0.717) is 11.7 Å². The maximum Gasteiger partial charge on any atom is 0.235 e. The lowest BCUT2D eigenvalue weighted by Crippen LogP contribution is -2.33. The Morgan fingerprint density at radius 1 is 1.19 bits per heavy atom. The highest BCUT2D eigenvalue weighted by Crippen LogP contribution is 2.25. The van der Waals surface area contributed by atoms with Crippen LogP contribution < -0.4 is 0 Å². The van der Waals surface area contributed by atoms with Crippen LogP contribution in [0.25, 0.3) is 5.69 Å². The van der Waals surface area contributed by atoms with Crippen LogP contribution in [-0.4, -0.2) is 43.3 Å². The summed E-state index contributed by atoms with van der Waals surface area (Å²) in [7, 11) is 1.82. The van der Waals surface area contributed by atoms with Crippen LogP contribution in [0.2, 0.25) is 0 Å². The highest BCUT2D eigenvalue weighted by molar-refractivity contribution is 8.00. The molecule has 3 rings (SSSR count). The van der Waals surface area contributed by atoms with Crippen molar-refractivity contribution in [1.82, 2.24) is 25.1 Å². The molecule has 2 aromatic carbocycles. The molecule has 0 unspecified atom stereocenters. The highest BCUT2D eigenvalue weighted by atomic mass is 32.2. The third-order valence-electron chi connectivity index (χ3n) is 4.29. The fraction of sp³-hybridized carbons (Fsp3) is 0.300. The molecule has 0 fully saturated rings. The van der Waals surface area contributed by atoms with E-state index < -0.39 is 0 Å². The van der Waals surface area contributed by atoms with Crippen molar-refractivity contribution >= 4 is 17.7 Å². The molecular formula is C20H23N5OS. The van der Waals surface area contributed by atoms with E-state index in [4.69, 9.17) is 0 Å². The number of amides is 1. The number of carbonyl (C=O) groups is 1. The molecule has 0 spiro atoms. The van der Waals surface area contributed by atoms with Gasteiger partial charge in [0.05, 0.1) is 10.9 Å². The van der Waals surface area contributed by atoms with Crippen LogP contribution in [0, 0.1) is 13.8 Å². The summed E-state index contributed by atoms with van der Waals surface area (Å²) in [6.45, 7) is 6.54. The Kier molecular flexibility index (Phi) is 5.91. The second kappa shape index (κ2) is 8.35. The molecule has 7 heteroatoms. The summed E-state index contributed by atoms with van der Waals surface area (Å²) < 4.78 is 1.69. The number of hydrogen-bond donors (Lipinski definition) is 0. The van der Waals surface area contributed by atoms with Crippen molar-refractivity contribution in [1.29, 1.82) is 0 Å². The van der Waals surface area contributed by atoms with Gasteiger partial charge in [-0.05, 0) is 48.4 Å². The SMILES string of the molecule is Cc1ccc(-n2nnnc2S[C@@H](C)C(=O)N(C)Cc2ccccc2)c(C)c1. The molecule has 0 bridgehead atoms. The molecule has 0 aliphatic rings. The van der Waals surface area contributed by atoms with E-state index in [1.807, 2.05) is 63.4 Å². The van der Waals surface area contributed by atoms with Crippen LogP contribution in [0.15, 0.2) is 53.7 Å². The fourth-order valence-corrected chi connectivity index (χ4v) is 3.82. The fourth-order valence-electron chi connectivity index (χ4n) is 2.90. The Balaban J connectivity index is 1.72. The van der Waals surface area contributed by atoms with Gasteiger partial charge in [-0.15, -0.1) is 5.10 Å². The number of benzene rings is 2. The molecule has 0 radical (unpaired) electrons. The normalized spacial score (nSPS) is 12.0. The summed E-state index contributed by atoms with van der Waals surface area (Å²) in [5.41, 5.74) is 4.30. The van der Waals surface area contributed by atoms with Crippen LogP contribution in [-0.2, 0) is 11.3 Å². The largest absolute Gasteiger partial charge is 0.340 e. The molecule has 6 nitrogen and oxygen atoms in total. The smallest absolute Gasteiger partial charge is 0.235 e. The van der Waals surface area contributed by atoms with Crippen LogP contribution in [0.5, 0.6) is 0 Å². The van der Waals surface area contributed by atoms with E-state index in [1.165, 1.54) is 17.3 Å². The van der Waals surface area contributed by atoms with Crippen molar-refractivity contribution < 1.29 is 4.79 Å². The third-order valence-corrected chi connectivity index (χ3v) is 5.31. The van der Waals surface area contributed by atoms with Crippen LogP contribution in [0.1, 0.15) is 23.6 Å². The Labute approximate surface area is 163 Å². The number of aromatic nitrogens is 4. The first-order chi connectivity index (χ1) is 13.0. The molecule has 1 heterocycles. The van der Waals surface area contributed by atoms with Crippen molar-refractivity contribution in [3.8, 4) is 5.69 Å². The molecule has 0 saturated carbocycles. The second-order valence-electron chi connectivity index (χ2n) is 6.60. The summed E-state index contributed by atoms with van der Waals surface area (Å²) in [6, 6.07) is 16.1. The lowest BCUT2D eigenvalue weighted by molar-refractivity contribution is -0.129. The third kappa shape index (κ3) is 4.54. The van der Waals surface area contributed by atoms with E-state index in [1.54, 1.807) is 9.58 Å². The van der Waals surface area contributed by atoms with Gasteiger partial charge >= 0.3 is 0 Å². The minimum atomic E-state index is -0.297. The number of carbonyl (C=O) groups excluding carboxylic acids is 1. The van der Waals surface area contributed by atoms with Gasteiger partial charge in [-0.1, -0.05) is 59.8 Å². The lowest BCUT2D eigenvalue weighted by atomic mass is 10.1. The molecule has 1 amide bonds. The zero-order valence-electron chi connectivity index (χ0n) is 16.0. The molecule has 0 N–H and O–H groups in total. The van der Waals surface area contributed by atoms with Crippen molar-refractivity contribution in [2.75, 3.05) is 7.05 Å². The number of thioether (sulfide) groups is 1. The summed E-state index contributed by atoms with van der Waals surface area (Å²) in [5.74, 6) is 0.0408. The number of aryl methyl sites for hydroxylation is 2. The maximum atomic E-state index is 12.8. The van der Waals surface area contributed by atoms with E-state index >= 15 is 0 Å². The average Bonchev–Trinajstić information content (AvgIpc) is 3.09. The number of rotatable bonds is 6. The van der Waals surface area contributed by atoms with Gasteiger partial charge in [0.25, 0.3) is 0 Å². The number of hydrogen-bond acceptors (Lipinski definition) is 5. The summed E-state index contributed by atoms with van der Waals surface area (Å²) in [4.78, 5) is 14.5. The Hall–Kier alpha value is -2.67. The van der Waals surface area contributed by atoms with Crippen LogP contribution in [0.3, 0.4) is 0 Å². The molecule has 140 valence electrons. The molecule has 0 aliphatic heterocycles. The highest BCUT2D eigenvalue weighted by Gasteiger charge is 2.22. The van der Waals surface area contributed by atoms with Gasteiger partial charge in [0, 0.05) is 13.6 Å². The number of nitrogens with zero attached hydrogens (tertiary/aromatic N) is 5. The summed E-state index contributed by atoms with van der Waals surface area (Å²) in [6.07, 6.45) is 0. The van der Waals surface area contributed by atoms with E-state index in [-0.39, 0.29) is 11.2 Å². The second-order valence-corrected chi connectivity index (χ2v) is 7.91. The minimum absolute atomic E-state index is 0.0408. The van der Waals surface area contributed by atoms with Gasteiger partial charge in [-0.3, -0.25) is 4.79 Å². The monoisotopic (exact) mass is 381 g/mol. The minimum Gasteiger partial charge on any atom is -0.340 e. The predicted molar refractivity (Wildman–Crippen MR) is 107 cm³/mol. The zero-order valence-corrected chi connectivity index (χ0v) is 16.8. The Morgan fingerprint density at radius 3 is 2.63 bits per heavy atom. The standard InChI is InChI=1S/C20H23N5OS/c1-14-10-11-18(15(2)12-14)25-20(21-22-23-25)27-16(3)19(26)24(4)13-17-8-6-5-7-9-17/h5-12,16H,13H2,1-4H3/t16-/m0/s1. The van der Waals surface area contributed by atoms with Gasteiger partial charge in [0.15, 0.2) is 0 Å². The van der Waals surface area contributed by atoms with Gasteiger partial charge in [0.2, 0.25) is 11.1 Å². The van der Waals surface area contributed by atoms with Gasteiger partial charge in [-0.2, -0.15) is 4.68 Å². The molecule has 1 atom stereocenters. The summed E-state index contributed by atoms with van der Waals surface area (Å²) in [5, 5.41) is 12.3. The predicted octanol–water partition coefficient (Wildman–Crippen LogP) is 3.42. The van der Waals surface area contributed by atoms with Gasteiger partial charge in [0.1, 0.15) is 0 Å². The zero-order chi connectivity index (χ0) is 19.4. The number of tetrazole rings is 1. The van der Waals surface area contributed by atoms with Crippen LogP contribution in [0.4, 0.5) is 0 Å². The molecular weight excluding hydrogens is 358 g/mol. The Morgan fingerprint density at radius 2 is 1.93 bits per heavy atom. The van der Waals surface area contributed by atoms with Gasteiger partial charge in [-0.25, -0.2) is 0 Å². The van der Waals surface area contributed by atoms with Crippen molar-refractivity contribution in [2.45, 2.75) is 37.7 Å². The quantitative estimate of drug-likeness (QED) is 0.612. The topological polar surface area (TPSA) is 63.9 Å². The molecule has 0 saturated heterocycles.